The number of pyridine rings is 1. The van der Waals surface area contributed by atoms with E-state index in [9.17, 15) is 18.5 Å². The van der Waals surface area contributed by atoms with Crippen LogP contribution in [-0.2, 0) is 21.1 Å². The quantitative estimate of drug-likeness (QED) is 0.666. The SMILES string of the molecule is CCS(=O)(=O)c1ccc(Oc2cc(C#N)cc3[nH]c(CC(=O)O)cc23)nc1. The van der Waals surface area contributed by atoms with E-state index in [1.54, 1.807) is 19.1 Å². The molecule has 3 aromatic rings. The zero-order valence-electron chi connectivity index (χ0n) is 14.3. The predicted molar refractivity (Wildman–Crippen MR) is 96.4 cm³/mol. The first kappa shape index (κ1) is 18.4. The number of sulfone groups is 1. The summed E-state index contributed by atoms with van der Waals surface area (Å²) >= 11 is 0. The molecule has 0 aliphatic carbocycles. The Balaban J connectivity index is 1.99. The summed E-state index contributed by atoms with van der Waals surface area (Å²) in [6.45, 7) is 1.55. The van der Waals surface area contributed by atoms with E-state index >= 15 is 0 Å². The highest BCUT2D eigenvalue weighted by atomic mass is 32.2. The van der Waals surface area contributed by atoms with Crippen LogP contribution in [0.1, 0.15) is 18.2 Å². The predicted octanol–water partition coefficient (Wildman–Crippen LogP) is 2.65. The molecule has 3 rings (SSSR count). The number of nitriles is 1. The second kappa shape index (κ2) is 7.09. The summed E-state index contributed by atoms with van der Waals surface area (Å²) in [7, 11) is -3.36. The van der Waals surface area contributed by atoms with Crippen LogP contribution >= 0.6 is 0 Å². The molecule has 0 saturated carbocycles. The van der Waals surface area contributed by atoms with E-state index in [2.05, 4.69) is 9.97 Å². The number of hydrogen-bond donors (Lipinski definition) is 2. The molecule has 0 spiro atoms. The monoisotopic (exact) mass is 385 g/mol. The lowest BCUT2D eigenvalue weighted by molar-refractivity contribution is -0.136. The van der Waals surface area contributed by atoms with Gasteiger partial charge in [0.2, 0.25) is 5.88 Å². The third-order valence-corrected chi connectivity index (χ3v) is 5.61. The molecule has 0 fully saturated rings. The van der Waals surface area contributed by atoms with Crippen molar-refractivity contribution in [3.63, 3.8) is 0 Å². The van der Waals surface area contributed by atoms with E-state index in [1.807, 2.05) is 6.07 Å². The van der Waals surface area contributed by atoms with Crippen molar-refractivity contribution in [2.75, 3.05) is 5.75 Å². The fraction of sp³-hybridized carbons (Fsp3) is 0.167. The minimum Gasteiger partial charge on any atom is -0.481 e. The molecule has 2 heterocycles. The average Bonchev–Trinajstić information content (AvgIpc) is 3.03. The van der Waals surface area contributed by atoms with Crippen LogP contribution in [0, 0.1) is 11.3 Å². The Morgan fingerprint density at radius 3 is 2.70 bits per heavy atom. The standard InChI is InChI=1S/C18H15N3O5S/c1-2-27(24,25)13-3-4-17(20-10-13)26-16-6-11(9-19)5-15-14(16)7-12(21-15)8-18(22)23/h3-7,10,21H,2,8H2,1H3,(H,22,23). The lowest BCUT2D eigenvalue weighted by atomic mass is 10.1. The summed E-state index contributed by atoms with van der Waals surface area (Å²) in [6.07, 6.45) is 1.02. The van der Waals surface area contributed by atoms with Crippen molar-refractivity contribution in [3.8, 4) is 17.7 Å². The van der Waals surface area contributed by atoms with Crippen molar-refractivity contribution < 1.29 is 23.1 Å². The third kappa shape index (κ3) is 3.91. The first-order chi connectivity index (χ1) is 12.8. The van der Waals surface area contributed by atoms with Gasteiger partial charge in [0.15, 0.2) is 9.84 Å². The van der Waals surface area contributed by atoms with Crippen LogP contribution in [-0.4, -0.2) is 35.2 Å². The average molecular weight is 385 g/mol. The number of nitrogens with one attached hydrogen (secondary N) is 1. The normalized spacial score (nSPS) is 11.3. The van der Waals surface area contributed by atoms with Gasteiger partial charge in [-0.1, -0.05) is 6.92 Å². The molecule has 0 radical (unpaired) electrons. The van der Waals surface area contributed by atoms with Gasteiger partial charge < -0.3 is 14.8 Å². The molecule has 27 heavy (non-hydrogen) atoms. The second-order valence-corrected chi connectivity index (χ2v) is 8.03. The number of aromatic amines is 1. The summed E-state index contributed by atoms with van der Waals surface area (Å²) in [5, 5.41) is 18.7. The fourth-order valence-corrected chi connectivity index (χ4v) is 3.38. The number of carboxylic acids is 1. The lowest BCUT2D eigenvalue weighted by Crippen LogP contribution is -2.04. The van der Waals surface area contributed by atoms with E-state index < -0.39 is 15.8 Å². The van der Waals surface area contributed by atoms with Gasteiger partial charge in [0.1, 0.15) is 5.75 Å². The van der Waals surface area contributed by atoms with Gasteiger partial charge >= 0.3 is 5.97 Å². The molecule has 1 aromatic carbocycles. The summed E-state index contributed by atoms with van der Waals surface area (Å²) in [5.74, 6) is -0.549. The van der Waals surface area contributed by atoms with Crippen LogP contribution in [0.3, 0.4) is 0 Å². The Labute approximate surface area is 155 Å². The van der Waals surface area contributed by atoms with E-state index in [0.29, 0.717) is 27.9 Å². The number of fused-ring (bicyclic) bond motifs is 1. The van der Waals surface area contributed by atoms with Crippen molar-refractivity contribution in [1.82, 2.24) is 9.97 Å². The molecule has 2 aromatic heterocycles. The van der Waals surface area contributed by atoms with Gasteiger partial charge in [0.05, 0.1) is 34.2 Å². The maximum atomic E-state index is 11.9. The van der Waals surface area contributed by atoms with Crippen molar-refractivity contribution in [2.45, 2.75) is 18.2 Å². The Hall–Kier alpha value is -3.38. The van der Waals surface area contributed by atoms with Crippen LogP contribution in [0.5, 0.6) is 11.6 Å². The maximum Gasteiger partial charge on any atom is 0.309 e. The summed E-state index contributed by atoms with van der Waals surface area (Å²) in [4.78, 5) is 18.0. The Bertz CT molecular complexity index is 1160. The molecule has 0 bridgehead atoms. The Kier molecular flexibility index (Phi) is 4.83. The van der Waals surface area contributed by atoms with Gasteiger partial charge in [0.25, 0.3) is 0 Å². The molecule has 0 saturated heterocycles. The number of aliphatic carboxylic acids is 1. The highest BCUT2D eigenvalue weighted by Gasteiger charge is 2.14. The lowest BCUT2D eigenvalue weighted by Gasteiger charge is -2.07. The largest absolute Gasteiger partial charge is 0.481 e. The van der Waals surface area contributed by atoms with Crippen LogP contribution < -0.4 is 4.74 Å². The van der Waals surface area contributed by atoms with E-state index in [4.69, 9.17) is 9.84 Å². The molecular weight excluding hydrogens is 370 g/mol. The molecule has 0 aliphatic rings. The van der Waals surface area contributed by atoms with Crippen LogP contribution in [0.15, 0.2) is 41.4 Å². The maximum absolute atomic E-state index is 11.9. The highest BCUT2D eigenvalue weighted by molar-refractivity contribution is 7.91. The molecule has 138 valence electrons. The topological polar surface area (TPSA) is 133 Å². The Morgan fingerprint density at radius 1 is 1.33 bits per heavy atom. The van der Waals surface area contributed by atoms with Crippen molar-refractivity contribution in [1.29, 1.82) is 5.26 Å². The zero-order chi connectivity index (χ0) is 19.6. The number of hydrogen-bond acceptors (Lipinski definition) is 6. The molecule has 9 heteroatoms. The van der Waals surface area contributed by atoms with Crippen LogP contribution in [0.2, 0.25) is 0 Å². The zero-order valence-corrected chi connectivity index (χ0v) is 15.1. The van der Waals surface area contributed by atoms with Crippen molar-refractivity contribution in [2.24, 2.45) is 0 Å². The molecule has 2 N–H and O–H groups in total. The third-order valence-electron chi connectivity index (χ3n) is 3.89. The van der Waals surface area contributed by atoms with Gasteiger partial charge in [-0.25, -0.2) is 13.4 Å². The number of rotatable bonds is 6. The molecular formula is C18H15N3O5S. The summed E-state index contributed by atoms with van der Waals surface area (Å²) in [6, 6.07) is 9.59. The van der Waals surface area contributed by atoms with E-state index in [-0.39, 0.29) is 22.9 Å². The second-order valence-electron chi connectivity index (χ2n) is 5.75. The van der Waals surface area contributed by atoms with E-state index in [0.717, 1.165) is 0 Å². The number of H-pyrrole nitrogens is 1. The number of carboxylic acid groups (broad SMARTS) is 1. The Morgan fingerprint density at radius 2 is 2.11 bits per heavy atom. The number of nitrogens with zero attached hydrogens (tertiary/aromatic N) is 2. The first-order valence-electron chi connectivity index (χ1n) is 7.96. The fourth-order valence-electron chi connectivity index (χ4n) is 2.56. The van der Waals surface area contributed by atoms with E-state index in [1.165, 1.54) is 24.4 Å². The number of benzene rings is 1. The molecule has 0 amide bonds. The van der Waals surface area contributed by atoms with Gasteiger partial charge in [-0.2, -0.15) is 5.26 Å². The van der Waals surface area contributed by atoms with Gasteiger partial charge in [-0.3, -0.25) is 4.79 Å². The van der Waals surface area contributed by atoms with Crippen LogP contribution in [0.25, 0.3) is 10.9 Å². The summed E-state index contributed by atoms with van der Waals surface area (Å²) in [5.41, 5.74) is 1.35. The molecule has 8 nitrogen and oxygen atoms in total. The van der Waals surface area contributed by atoms with Crippen molar-refractivity contribution in [3.05, 3.63) is 47.8 Å². The number of carbonyl (C=O) groups is 1. The number of ether oxygens (including phenoxy) is 1. The molecule has 0 unspecified atom stereocenters. The van der Waals surface area contributed by atoms with Gasteiger partial charge in [0, 0.05) is 23.3 Å². The van der Waals surface area contributed by atoms with Crippen LogP contribution in [0.4, 0.5) is 0 Å². The highest BCUT2D eigenvalue weighted by Crippen LogP contribution is 2.32. The van der Waals surface area contributed by atoms with Gasteiger partial charge in [-0.05, 0) is 24.3 Å². The molecule has 0 atom stereocenters. The minimum atomic E-state index is -3.36. The first-order valence-corrected chi connectivity index (χ1v) is 9.62. The van der Waals surface area contributed by atoms with Gasteiger partial charge in [-0.15, -0.1) is 0 Å². The summed E-state index contributed by atoms with van der Waals surface area (Å²) < 4.78 is 29.4. The minimum absolute atomic E-state index is 0.0323. The molecule has 0 aliphatic heterocycles. The number of aromatic nitrogens is 2. The smallest absolute Gasteiger partial charge is 0.309 e. The van der Waals surface area contributed by atoms with Crippen molar-refractivity contribution >= 4 is 26.7 Å².